The Kier molecular flexibility index (Phi) is 6.12. The zero-order valence-electron chi connectivity index (χ0n) is 10.3. The summed E-state index contributed by atoms with van der Waals surface area (Å²) in [6.07, 6.45) is 2.06. The lowest BCUT2D eigenvalue weighted by molar-refractivity contribution is -0.120. The topological polar surface area (TPSA) is 41.1 Å². The first-order chi connectivity index (χ1) is 8.16. The summed E-state index contributed by atoms with van der Waals surface area (Å²) in [6, 6.07) is 5.89. The molecule has 2 N–H and O–H groups in total. The molecule has 1 amide bonds. The van der Waals surface area contributed by atoms with E-state index in [2.05, 4.69) is 26.6 Å². The van der Waals surface area contributed by atoms with Gasteiger partial charge in [-0.05, 0) is 44.0 Å². The maximum absolute atomic E-state index is 12.0. The lowest BCUT2D eigenvalue weighted by Gasteiger charge is -2.22. The largest absolute Gasteiger partial charge is 0.326 e. The van der Waals surface area contributed by atoms with Crippen molar-refractivity contribution >= 4 is 39.9 Å². The molecule has 0 aliphatic carbocycles. The number of hydrogen-bond acceptors (Lipinski definition) is 2. The Bertz CT molecular complexity index is 419. The number of carbonyl (C=O) groups excluding carboxylic acids is 1. The summed E-state index contributed by atoms with van der Waals surface area (Å²) in [7, 11) is 0. The van der Waals surface area contributed by atoms with Gasteiger partial charge in [0.15, 0.2) is 0 Å². The van der Waals surface area contributed by atoms with Crippen LogP contribution in [0.2, 0.25) is 0 Å². The second-order valence-corrected chi connectivity index (χ2v) is 5.35. The van der Waals surface area contributed by atoms with Crippen LogP contribution in [-0.2, 0) is 4.79 Å². The zero-order valence-corrected chi connectivity index (χ0v) is 12.7. The Hall–Kier alpha value is -0.580. The van der Waals surface area contributed by atoms with E-state index in [4.69, 9.17) is 0 Å². The Labute approximate surface area is 122 Å². The van der Waals surface area contributed by atoms with Gasteiger partial charge in [-0.2, -0.15) is 0 Å². The van der Waals surface area contributed by atoms with Crippen molar-refractivity contribution in [1.82, 2.24) is 5.32 Å². The molecule has 2 rings (SSSR count). The van der Waals surface area contributed by atoms with Gasteiger partial charge in [-0.3, -0.25) is 4.79 Å². The Morgan fingerprint density at radius 1 is 1.50 bits per heavy atom. The van der Waals surface area contributed by atoms with Crippen molar-refractivity contribution in [2.24, 2.45) is 5.92 Å². The van der Waals surface area contributed by atoms with Crippen LogP contribution in [0.3, 0.4) is 0 Å². The van der Waals surface area contributed by atoms with E-state index < -0.39 is 0 Å². The van der Waals surface area contributed by atoms with Crippen LogP contribution in [0, 0.1) is 12.8 Å². The molecule has 0 bridgehead atoms. The smallest absolute Gasteiger partial charge is 0.228 e. The summed E-state index contributed by atoms with van der Waals surface area (Å²) in [5.74, 6) is 0.219. The fraction of sp³-hybridized carbons (Fsp3) is 0.462. The van der Waals surface area contributed by atoms with Crippen molar-refractivity contribution in [2.45, 2.75) is 19.8 Å². The summed E-state index contributed by atoms with van der Waals surface area (Å²) in [6.45, 7) is 3.85. The number of halogens is 2. The van der Waals surface area contributed by atoms with E-state index in [0.717, 1.165) is 36.1 Å². The van der Waals surface area contributed by atoms with E-state index in [1.807, 2.05) is 25.1 Å². The van der Waals surface area contributed by atoms with E-state index >= 15 is 0 Å². The highest BCUT2D eigenvalue weighted by atomic mass is 79.9. The molecule has 0 spiro atoms. The molecule has 3 nitrogen and oxygen atoms in total. The number of hydrogen-bond donors (Lipinski definition) is 2. The maximum Gasteiger partial charge on any atom is 0.228 e. The number of amides is 1. The van der Waals surface area contributed by atoms with E-state index in [1.54, 1.807) is 0 Å². The predicted molar refractivity (Wildman–Crippen MR) is 80.4 cm³/mol. The van der Waals surface area contributed by atoms with E-state index in [1.165, 1.54) is 5.56 Å². The van der Waals surface area contributed by atoms with Gasteiger partial charge in [0.1, 0.15) is 0 Å². The number of piperidine rings is 1. The molecule has 1 saturated heterocycles. The second-order valence-electron chi connectivity index (χ2n) is 4.50. The third-order valence-corrected chi connectivity index (χ3v) is 3.96. The number of benzene rings is 1. The zero-order chi connectivity index (χ0) is 12.3. The van der Waals surface area contributed by atoms with Gasteiger partial charge in [-0.1, -0.05) is 22.0 Å². The lowest BCUT2D eigenvalue weighted by atomic mass is 9.99. The highest BCUT2D eigenvalue weighted by molar-refractivity contribution is 9.10. The molecule has 0 aromatic heterocycles. The predicted octanol–water partition coefficient (Wildman–Crippen LogP) is 3.12. The molecular weight excluding hydrogens is 316 g/mol. The summed E-state index contributed by atoms with van der Waals surface area (Å²) in [4.78, 5) is 12.0. The molecular formula is C13H18BrClN2O. The third kappa shape index (κ3) is 3.97. The van der Waals surface area contributed by atoms with E-state index in [0.29, 0.717) is 0 Å². The molecule has 1 aromatic carbocycles. The average Bonchev–Trinajstić information content (AvgIpc) is 2.35. The first kappa shape index (κ1) is 15.5. The molecule has 1 unspecified atom stereocenters. The van der Waals surface area contributed by atoms with Crippen LogP contribution >= 0.6 is 28.3 Å². The van der Waals surface area contributed by atoms with Crippen molar-refractivity contribution in [3.63, 3.8) is 0 Å². The monoisotopic (exact) mass is 332 g/mol. The minimum absolute atomic E-state index is 0. The van der Waals surface area contributed by atoms with Gasteiger partial charge in [0.25, 0.3) is 0 Å². The Morgan fingerprint density at radius 3 is 2.89 bits per heavy atom. The van der Waals surface area contributed by atoms with Crippen molar-refractivity contribution in [3.8, 4) is 0 Å². The summed E-state index contributed by atoms with van der Waals surface area (Å²) < 4.78 is 1.03. The minimum atomic E-state index is 0. The van der Waals surface area contributed by atoms with Crippen LogP contribution in [0.4, 0.5) is 5.69 Å². The third-order valence-electron chi connectivity index (χ3n) is 3.11. The van der Waals surface area contributed by atoms with Crippen molar-refractivity contribution < 1.29 is 4.79 Å². The normalized spacial score (nSPS) is 18.9. The van der Waals surface area contributed by atoms with Crippen LogP contribution in [0.25, 0.3) is 0 Å². The molecule has 1 aliphatic heterocycles. The molecule has 1 heterocycles. The number of aryl methyl sites for hydroxylation is 1. The standard InChI is InChI=1S/C13H17BrN2O.ClH/c1-9-4-5-11(7-12(9)14)16-13(17)10-3-2-6-15-8-10;/h4-5,7,10,15H,2-3,6,8H2,1H3,(H,16,17);1H. The average molecular weight is 334 g/mol. The fourth-order valence-electron chi connectivity index (χ4n) is 1.99. The van der Waals surface area contributed by atoms with Gasteiger partial charge in [-0.25, -0.2) is 0 Å². The molecule has 100 valence electrons. The van der Waals surface area contributed by atoms with Gasteiger partial charge in [0, 0.05) is 16.7 Å². The number of anilines is 1. The molecule has 18 heavy (non-hydrogen) atoms. The highest BCUT2D eigenvalue weighted by Crippen LogP contribution is 2.21. The number of rotatable bonds is 2. The molecule has 0 radical (unpaired) electrons. The lowest BCUT2D eigenvalue weighted by Crippen LogP contribution is -2.37. The van der Waals surface area contributed by atoms with E-state index in [-0.39, 0.29) is 24.2 Å². The number of nitrogens with one attached hydrogen (secondary N) is 2. The SMILES string of the molecule is Cc1ccc(NC(=O)C2CCCNC2)cc1Br.Cl. The highest BCUT2D eigenvalue weighted by Gasteiger charge is 2.20. The minimum Gasteiger partial charge on any atom is -0.326 e. The van der Waals surface area contributed by atoms with Crippen LogP contribution in [0.5, 0.6) is 0 Å². The molecule has 0 saturated carbocycles. The van der Waals surface area contributed by atoms with Crippen molar-refractivity contribution in [2.75, 3.05) is 18.4 Å². The van der Waals surface area contributed by atoms with Crippen LogP contribution < -0.4 is 10.6 Å². The molecule has 1 atom stereocenters. The van der Waals surface area contributed by atoms with Gasteiger partial charge in [-0.15, -0.1) is 12.4 Å². The molecule has 1 fully saturated rings. The summed E-state index contributed by atoms with van der Waals surface area (Å²) in [5.41, 5.74) is 2.03. The maximum atomic E-state index is 12.0. The molecule has 5 heteroatoms. The van der Waals surface area contributed by atoms with Crippen LogP contribution in [-0.4, -0.2) is 19.0 Å². The van der Waals surface area contributed by atoms with Gasteiger partial charge < -0.3 is 10.6 Å². The summed E-state index contributed by atoms with van der Waals surface area (Å²) >= 11 is 3.47. The fourth-order valence-corrected chi connectivity index (χ4v) is 2.37. The second kappa shape index (κ2) is 7.12. The van der Waals surface area contributed by atoms with E-state index in [9.17, 15) is 4.79 Å². The Balaban J connectivity index is 0.00000162. The quantitative estimate of drug-likeness (QED) is 0.873. The van der Waals surface area contributed by atoms with Crippen molar-refractivity contribution in [1.29, 1.82) is 0 Å². The Morgan fingerprint density at radius 2 is 2.28 bits per heavy atom. The number of carbonyl (C=O) groups is 1. The molecule has 1 aliphatic rings. The first-order valence-electron chi connectivity index (χ1n) is 5.94. The van der Waals surface area contributed by atoms with Crippen LogP contribution in [0.1, 0.15) is 18.4 Å². The molecule has 1 aromatic rings. The van der Waals surface area contributed by atoms with Crippen LogP contribution in [0.15, 0.2) is 22.7 Å². The first-order valence-corrected chi connectivity index (χ1v) is 6.74. The van der Waals surface area contributed by atoms with Crippen molar-refractivity contribution in [3.05, 3.63) is 28.2 Å². The van der Waals surface area contributed by atoms with Gasteiger partial charge >= 0.3 is 0 Å². The summed E-state index contributed by atoms with van der Waals surface area (Å²) in [5, 5.41) is 6.22. The van der Waals surface area contributed by atoms with Gasteiger partial charge in [0.05, 0.1) is 5.92 Å². The van der Waals surface area contributed by atoms with Gasteiger partial charge in [0.2, 0.25) is 5.91 Å².